The first-order valence-electron chi connectivity index (χ1n) is 12.7. The molecule has 1 unspecified atom stereocenters. The summed E-state index contributed by atoms with van der Waals surface area (Å²) < 4.78 is 46.7. The van der Waals surface area contributed by atoms with Gasteiger partial charge in [-0.2, -0.15) is 13.2 Å². The van der Waals surface area contributed by atoms with Gasteiger partial charge in [0.1, 0.15) is 0 Å². The zero-order valence-electron chi connectivity index (χ0n) is 21.9. The van der Waals surface area contributed by atoms with Gasteiger partial charge in [-0.15, -0.1) is 0 Å². The number of hydrogen-bond acceptors (Lipinski definition) is 5. The van der Waals surface area contributed by atoms with Crippen LogP contribution in [0.2, 0.25) is 5.02 Å². The topological polar surface area (TPSA) is 67.8 Å². The maximum absolute atomic E-state index is 13.2. The average Bonchev–Trinajstić information content (AvgIpc) is 3.40. The maximum Gasteiger partial charge on any atom is 0.391 e. The van der Waals surface area contributed by atoms with Crippen LogP contribution < -0.4 is 4.74 Å². The van der Waals surface area contributed by atoms with Crippen molar-refractivity contribution in [2.75, 3.05) is 20.2 Å². The molecule has 7 nitrogen and oxygen atoms in total. The molecule has 1 atom stereocenters. The molecule has 208 valence electrons. The summed E-state index contributed by atoms with van der Waals surface area (Å²) in [5.74, 6) is -0.994. The Morgan fingerprint density at radius 3 is 2.38 bits per heavy atom. The van der Waals surface area contributed by atoms with Gasteiger partial charge in [0.15, 0.2) is 11.3 Å². The number of pyridine rings is 1. The van der Waals surface area contributed by atoms with Crippen molar-refractivity contribution in [1.29, 1.82) is 0 Å². The zero-order valence-corrected chi connectivity index (χ0v) is 22.7. The van der Waals surface area contributed by atoms with Gasteiger partial charge >= 0.3 is 6.18 Å². The van der Waals surface area contributed by atoms with Crippen molar-refractivity contribution >= 4 is 28.2 Å². The van der Waals surface area contributed by atoms with Crippen molar-refractivity contribution in [2.45, 2.75) is 31.2 Å². The van der Waals surface area contributed by atoms with Gasteiger partial charge in [0.25, 0.3) is 0 Å². The Morgan fingerprint density at radius 1 is 1.12 bits per heavy atom. The summed E-state index contributed by atoms with van der Waals surface area (Å²) in [6.07, 6.45) is -0.967. The molecule has 2 aromatic carbocycles. The minimum atomic E-state index is -4.19. The van der Waals surface area contributed by atoms with E-state index in [-0.39, 0.29) is 32.5 Å². The van der Waals surface area contributed by atoms with Crippen LogP contribution in [-0.2, 0) is 19.2 Å². The van der Waals surface area contributed by atoms with Crippen LogP contribution in [0.15, 0.2) is 55.0 Å². The molecule has 2 aromatic heterocycles. The van der Waals surface area contributed by atoms with Gasteiger partial charge in [-0.25, -0.2) is 14.8 Å². The van der Waals surface area contributed by atoms with E-state index in [1.54, 1.807) is 66.6 Å². The molecule has 1 aliphatic rings. The number of rotatable bonds is 6. The highest BCUT2D eigenvalue weighted by molar-refractivity contribution is 6.36. The van der Waals surface area contributed by atoms with Gasteiger partial charge in [0.05, 0.1) is 48.4 Å². The molecule has 4 aromatic rings. The molecule has 0 aliphatic carbocycles. The van der Waals surface area contributed by atoms with Crippen molar-refractivity contribution in [3.8, 4) is 5.88 Å². The van der Waals surface area contributed by atoms with Crippen LogP contribution in [0.25, 0.3) is 15.7 Å². The number of halogens is 4. The van der Waals surface area contributed by atoms with E-state index in [1.807, 2.05) is 4.90 Å². The van der Waals surface area contributed by atoms with E-state index in [1.165, 1.54) is 7.11 Å². The molecule has 5 rings (SSSR count). The number of nitrogens with zero attached hydrogens (tertiary/aromatic N) is 5. The van der Waals surface area contributed by atoms with Gasteiger partial charge in [-0.05, 0) is 49.2 Å². The Labute approximate surface area is 234 Å². The highest BCUT2D eigenvalue weighted by atomic mass is 35.5. The number of benzene rings is 2. The lowest BCUT2D eigenvalue weighted by molar-refractivity contribution is -0.185. The molecule has 3 heterocycles. The van der Waals surface area contributed by atoms with Gasteiger partial charge < -0.3 is 14.4 Å². The van der Waals surface area contributed by atoms with Gasteiger partial charge in [-0.3, -0.25) is 4.90 Å². The smallest absolute Gasteiger partial charge is 0.391 e. The fraction of sp³-hybridized carbons (Fsp3) is 0.345. The fourth-order valence-corrected chi connectivity index (χ4v) is 5.65. The first kappa shape index (κ1) is 27.9. The number of aliphatic hydroxyl groups is 1. The summed E-state index contributed by atoms with van der Waals surface area (Å²) in [5, 5.41) is 13.2. The lowest BCUT2D eigenvalue weighted by Gasteiger charge is -2.33. The molecule has 1 aliphatic heterocycles. The number of aryl methyl sites for hydroxylation is 1. The molecule has 11 heteroatoms. The third-order valence-electron chi connectivity index (χ3n) is 7.62. The lowest BCUT2D eigenvalue weighted by Crippen LogP contribution is -2.38. The van der Waals surface area contributed by atoms with E-state index < -0.39 is 17.7 Å². The Kier molecular flexibility index (Phi) is 7.48. The summed E-state index contributed by atoms with van der Waals surface area (Å²) in [6, 6.07) is 11.9. The van der Waals surface area contributed by atoms with Crippen LogP contribution in [0.4, 0.5) is 18.9 Å². The van der Waals surface area contributed by atoms with E-state index in [9.17, 15) is 18.3 Å². The minimum absolute atomic E-state index is 0.0264. The van der Waals surface area contributed by atoms with Crippen LogP contribution in [0, 0.1) is 12.5 Å². The molecule has 0 bridgehead atoms. The fourth-order valence-electron chi connectivity index (χ4n) is 5.36. The van der Waals surface area contributed by atoms with Crippen molar-refractivity contribution in [3.63, 3.8) is 0 Å². The second kappa shape index (κ2) is 10.7. The van der Waals surface area contributed by atoms with Gasteiger partial charge in [0, 0.05) is 24.5 Å². The third-order valence-corrected chi connectivity index (χ3v) is 8.05. The lowest BCUT2D eigenvalue weighted by atomic mass is 9.83. The molecule has 0 amide bonds. The number of ether oxygens (including phenoxy) is 1. The number of imidazole rings is 1. The summed E-state index contributed by atoms with van der Waals surface area (Å²) in [5.41, 5.74) is 1.47. The predicted molar refractivity (Wildman–Crippen MR) is 145 cm³/mol. The van der Waals surface area contributed by atoms with Crippen LogP contribution in [-0.4, -0.2) is 50.9 Å². The predicted octanol–water partition coefficient (Wildman–Crippen LogP) is 6.24. The van der Waals surface area contributed by atoms with Crippen LogP contribution in [0.1, 0.15) is 35.2 Å². The molecule has 1 N–H and O–H groups in total. The quantitative estimate of drug-likeness (QED) is 0.278. The van der Waals surface area contributed by atoms with Gasteiger partial charge in [-0.1, -0.05) is 41.9 Å². The normalized spacial score (nSPS) is 16.6. The SMILES string of the molecule is [C-]#[N+]c1ccc(C(O)(c2ccc3nc(OC)c(CN4CCC(C(F)(F)F)CC4)c(Cl)c3c2)c2cncn2C)cc1. The molecule has 0 saturated carbocycles. The molecule has 0 spiro atoms. The van der Waals surface area contributed by atoms with E-state index >= 15 is 0 Å². The number of piperidine rings is 1. The van der Waals surface area contributed by atoms with Crippen molar-refractivity contribution in [2.24, 2.45) is 13.0 Å². The number of aromatic nitrogens is 3. The monoisotopic (exact) mass is 569 g/mol. The maximum atomic E-state index is 13.2. The first-order chi connectivity index (χ1) is 19.1. The van der Waals surface area contributed by atoms with E-state index in [0.717, 1.165) is 0 Å². The summed E-state index contributed by atoms with van der Waals surface area (Å²) in [7, 11) is 3.26. The number of alkyl halides is 3. The molecular formula is C29H27ClF3N5O2. The molecule has 40 heavy (non-hydrogen) atoms. The molecule has 1 saturated heterocycles. The summed E-state index contributed by atoms with van der Waals surface area (Å²) >= 11 is 6.95. The third kappa shape index (κ3) is 5.01. The van der Waals surface area contributed by atoms with Crippen LogP contribution >= 0.6 is 11.6 Å². The second-order valence-corrected chi connectivity index (χ2v) is 10.4. The second-order valence-electron chi connectivity index (χ2n) is 10.00. The number of fused-ring (bicyclic) bond motifs is 1. The Balaban J connectivity index is 1.58. The highest BCUT2D eigenvalue weighted by Gasteiger charge is 2.41. The average molecular weight is 570 g/mol. The minimum Gasteiger partial charge on any atom is -0.481 e. The standard InChI is InChI=1S/C29H27ClF3N5O2/c1-34-21-7-4-18(5-8-21)28(39,25-15-35-17-37(25)2)20-6-9-24-22(14-20)26(30)23(27(36-24)40-3)16-38-12-10-19(11-13-38)29(31,32)33/h4-9,14-15,17,19,39H,10-13,16H2,2-3H3. The van der Waals surface area contributed by atoms with Crippen LogP contribution in [0.3, 0.4) is 0 Å². The van der Waals surface area contributed by atoms with Crippen LogP contribution in [0.5, 0.6) is 5.88 Å². The Bertz CT molecular complexity index is 1570. The molecule has 0 radical (unpaired) electrons. The summed E-state index contributed by atoms with van der Waals surface area (Å²) in [4.78, 5) is 14.2. The van der Waals surface area contributed by atoms with Crippen molar-refractivity contribution < 1.29 is 23.0 Å². The van der Waals surface area contributed by atoms with E-state index in [4.69, 9.17) is 22.9 Å². The first-order valence-corrected chi connectivity index (χ1v) is 13.1. The zero-order chi connectivity index (χ0) is 28.7. The molecule has 1 fully saturated rings. The number of methoxy groups -OCH3 is 1. The van der Waals surface area contributed by atoms with Crippen molar-refractivity contribution in [1.82, 2.24) is 19.4 Å². The Hall–Kier alpha value is -3.65. The van der Waals surface area contributed by atoms with Crippen molar-refractivity contribution in [3.05, 3.63) is 93.8 Å². The van der Waals surface area contributed by atoms with E-state index in [2.05, 4.69) is 14.8 Å². The largest absolute Gasteiger partial charge is 0.481 e. The van der Waals surface area contributed by atoms with E-state index in [0.29, 0.717) is 49.9 Å². The van der Waals surface area contributed by atoms with Gasteiger partial charge in [0.2, 0.25) is 5.88 Å². The molecular weight excluding hydrogens is 543 g/mol. The Morgan fingerprint density at radius 2 is 1.80 bits per heavy atom. The summed E-state index contributed by atoms with van der Waals surface area (Å²) in [6.45, 7) is 8.11. The highest BCUT2D eigenvalue weighted by Crippen LogP contribution is 2.41. The number of hydrogen-bond donors (Lipinski definition) is 1. The number of likely N-dealkylation sites (tertiary alicyclic amines) is 1.